The highest BCUT2D eigenvalue weighted by atomic mass is 16.3. The molecule has 1 aliphatic carbocycles. The Labute approximate surface area is 96.5 Å². The van der Waals surface area contributed by atoms with Gasteiger partial charge in [-0.25, -0.2) is 0 Å². The fraction of sp³-hybridized carbons (Fsp3) is 0.750. The first-order valence-electron chi connectivity index (χ1n) is 6.04. The van der Waals surface area contributed by atoms with Crippen molar-refractivity contribution in [3.8, 4) is 0 Å². The lowest BCUT2D eigenvalue weighted by molar-refractivity contribution is 0.0935. The molecule has 0 unspecified atom stereocenters. The second-order valence-corrected chi connectivity index (χ2v) is 5.14. The zero-order valence-corrected chi connectivity index (χ0v) is 10.1. The highest BCUT2D eigenvalue weighted by molar-refractivity contribution is 5.16. The van der Waals surface area contributed by atoms with Gasteiger partial charge in [-0.15, -0.1) is 0 Å². The number of rotatable bonds is 2. The van der Waals surface area contributed by atoms with E-state index in [1.54, 1.807) is 0 Å². The van der Waals surface area contributed by atoms with Gasteiger partial charge in [0.1, 0.15) is 0 Å². The van der Waals surface area contributed by atoms with Gasteiger partial charge in [-0.05, 0) is 45.6 Å². The fourth-order valence-corrected chi connectivity index (χ4v) is 2.49. The van der Waals surface area contributed by atoms with Crippen molar-refractivity contribution in [1.82, 2.24) is 9.78 Å². The van der Waals surface area contributed by atoms with E-state index in [-0.39, 0.29) is 11.6 Å². The van der Waals surface area contributed by atoms with Crippen molar-refractivity contribution in [2.75, 3.05) is 0 Å². The van der Waals surface area contributed by atoms with Crippen LogP contribution in [0.4, 0.5) is 0 Å². The van der Waals surface area contributed by atoms with E-state index in [0.29, 0.717) is 6.04 Å². The fourth-order valence-electron chi connectivity index (χ4n) is 2.49. The predicted octanol–water partition coefficient (Wildman–Crippen LogP) is 1.55. The molecule has 0 aromatic carbocycles. The van der Waals surface area contributed by atoms with Crippen molar-refractivity contribution >= 4 is 0 Å². The summed E-state index contributed by atoms with van der Waals surface area (Å²) in [5.74, 6) is 0. The minimum atomic E-state index is -0.306. The Morgan fingerprint density at radius 2 is 2.12 bits per heavy atom. The third-order valence-electron chi connectivity index (χ3n) is 3.52. The second kappa shape index (κ2) is 4.18. The van der Waals surface area contributed by atoms with E-state index in [0.717, 1.165) is 31.4 Å². The number of hydrogen-bond donors (Lipinski definition) is 2. The number of aliphatic hydroxyl groups excluding tert-OH is 1. The third-order valence-corrected chi connectivity index (χ3v) is 3.52. The minimum Gasteiger partial charge on any atom is -0.393 e. The number of nitrogens with zero attached hydrogens (tertiary/aromatic N) is 2. The molecule has 1 saturated carbocycles. The molecule has 0 amide bonds. The minimum absolute atomic E-state index is 0.174. The standard InChI is InChI=1S/C12H21N3O/c1-9(2)15-11(5-8-14-15)12(13)6-3-10(16)4-7-12/h5,8-10,16H,3-4,6-7,13H2,1-2H3. The van der Waals surface area contributed by atoms with Crippen molar-refractivity contribution in [3.63, 3.8) is 0 Å². The third kappa shape index (κ3) is 1.99. The molecule has 0 bridgehead atoms. The molecule has 0 radical (unpaired) electrons. The van der Waals surface area contributed by atoms with Crippen LogP contribution in [0.5, 0.6) is 0 Å². The molecule has 1 aromatic rings. The Bertz CT molecular complexity index is 351. The first-order valence-corrected chi connectivity index (χ1v) is 6.04. The van der Waals surface area contributed by atoms with Gasteiger partial charge in [0.05, 0.1) is 17.3 Å². The van der Waals surface area contributed by atoms with E-state index in [1.165, 1.54) is 0 Å². The van der Waals surface area contributed by atoms with Crippen LogP contribution in [0.3, 0.4) is 0 Å². The van der Waals surface area contributed by atoms with Gasteiger partial charge >= 0.3 is 0 Å². The summed E-state index contributed by atoms with van der Waals surface area (Å²) in [4.78, 5) is 0. The van der Waals surface area contributed by atoms with Crippen LogP contribution in [0, 0.1) is 0 Å². The largest absolute Gasteiger partial charge is 0.393 e. The summed E-state index contributed by atoms with van der Waals surface area (Å²) in [5.41, 5.74) is 7.25. The van der Waals surface area contributed by atoms with E-state index >= 15 is 0 Å². The van der Waals surface area contributed by atoms with Gasteiger partial charge in [0.15, 0.2) is 0 Å². The van der Waals surface area contributed by atoms with E-state index < -0.39 is 0 Å². The average molecular weight is 223 g/mol. The van der Waals surface area contributed by atoms with Crippen molar-refractivity contribution in [2.45, 2.75) is 57.2 Å². The summed E-state index contributed by atoms with van der Waals surface area (Å²) in [6.45, 7) is 4.22. The lowest BCUT2D eigenvalue weighted by Crippen LogP contribution is -2.43. The zero-order chi connectivity index (χ0) is 11.8. The Hall–Kier alpha value is -0.870. The quantitative estimate of drug-likeness (QED) is 0.799. The first kappa shape index (κ1) is 11.6. The highest BCUT2D eigenvalue weighted by Gasteiger charge is 2.35. The van der Waals surface area contributed by atoms with Crippen LogP contribution in [-0.2, 0) is 5.54 Å². The number of nitrogens with two attached hydrogens (primary N) is 1. The van der Waals surface area contributed by atoms with Gasteiger partial charge in [0, 0.05) is 12.2 Å². The topological polar surface area (TPSA) is 64.1 Å². The van der Waals surface area contributed by atoms with Gasteiger partial charge < -0.3 is 10.8 Å². The molecule has 3 N–H and O–H groups in total. The molecule has 90 valence electrons. The molecule has 1 aromatic heterocycles. The summed E-state index contributed by atoms with van der Waals surface area (Å²) in [7, 11) is 0. The predicted molar refractivity (Wildman–Crippen MR) is 63.0 cm³/mol. The molecule has 1 aliphatic rings. The zero-order valence-electron chi connectivity index (χ0n) is 10.1. The lowest BCUT2D eigenvalue weighted by Gasteiger charge is -2.36. The maximum Gasteiger partial charge on any atom is 0.0585 e. The number of aromatic nitrogens is 2. The monoisotopic (exact) mass is 223 g/mol. The van der Waals surface area contributed by atoms with Gasteiger partial charge in [0.2, 0.25) is 0 Å². The maximum absolute atomic E-state index is 9.54. The van der Waals surface area contributed by atoms with Crippen LogP contribution < -0.4 is 5.73 Å². The number of aliphatic hydroxyl groups is 1. The van der Waals surface area contributed by atoms with Crippen LogP contribution in [-0.4, -0.2) is 21.0 Å². The van der Waals surface area contributed by atoms with Crippen LogP contribution in [0.15, 0.2) is 12.3 Å². The van der Waals surface area contributed by atoms with Crippen molar-refractivity contribution in [3.05, 3.63) is 18.0 Å². The summed E-state index contributed by atoms with van der Waals surface area (Å²) in [6, 6.07) is 2.34. The highest BCUT2D eigenvalue weighted by Crippen LogP contribution is 2.35. The second-order valence-electron chi connectivity index (χ2n) is 5.14. The molecule has 0 atom stereocenters. The molecule has 0 spiro atoms. The molecule has 0 saturated heterocycles. The first-order chi connectivity index (χ1) is 7.53. The van der Waals surface area contributed by atoms with Gasteiger partial charge in [-0.2, -0.15) is 5.10 Å². The smallest absolute Gasteiger partial charge is 0.0585 e. The molecule has 0 aliphatic heterocycles. The Balaban J connectivity index is 2.25. The molecule has 1 fully saturated rings. The van der Waals surface area contributed by atoms with Gasteiger partial charge in [-0.3, -0.25) is 4.68 Å². The maximum atomic E-state index is 9.54. The van der Waals surface area contributed by atoms with E-state index in [1.807, 2.05) is 16.9 Å². The van der Waals surface area contributed by atoms with Crippen LogP contribution in [0.1, 0.15) is 51.3 Å². The van der Waals surface area contributed by atoms with Crippen molar-refractivity contribution in [1.29, 1.82) is 0 Å². The van der Waals surface area contributed by atoms with E-state index in [2.05, 4.69) is 18.9 Å². The molecule has 1 heterocycles. The van der Waals surface area contributed by atoms with Crippen molar-refractivity contribution < 1.29 is 5.11 Å². The average Bonchev–Trinajstić information content (AvgIpc) is 2.72. The molecular formula is C12H21N3O. The molecule has 2 rings (SSSR count). The number of hydrogen-bond acceptors (Lipinski definition) is 3. The summed E-state index contributed by atoms with van der Waals surface area (Å²) in [6.07, 6.45) is 4.90. The van der Waals surface area contributed by atoms with Crippen LogP contribution in [0.25, 0.3) is 0 Å². The molecule has 16 heavy (non-hydrogen) atoms. The van der Waals surface area contributed by atoms with Gasteiger partial charge in [-0.1, -0.05) is 0 Å². The lowest BCUT2D eigenvalue weighted by atomic mass is 9.79. The summed E-state index contributed by atoms with van der Waals surface area (Å²) >= 11 is 0. The van der Waals surface area contributed by atoms with Crippen LogP contribution >= 0.6 is 0 Å². The Morgan fingerprint density at radius 3 is 2.69 bits per heavy atom. The SMILES string of the molecule is CC(C)n1nccc1C1(N)CCC(O)CC1. The molecule has 4 nitrogen and oxygen atoms in total. The molecular weight excluding hydrogens is 202 g/mol. The van der Waals surface area contributed by atoms with Gasteiger partial charge in [0.25, 0.3) is 0 Å². The summed E-state index contributed by atoms with van der Waals surface area (Å²) < 4.78 is 2.00. The van der Waals surface area contributed by atoms with E-state index in [4.69, 9.17) is 5.73 Å². The summed E-state index contributed by atoms with van der Waals surface area (Å²) in [5, 5.41) is 13.9. The Kier molecular flexibility index (Phi) is 3.04. The normalized spacial score (nSPS) is 30.9. The molecule has 4 heteroatoms. The van der Waals surface area contributed by atoms with E-state index in [9.17, 15) is 5.11 Å². The Morgan fingerprint density at radius 1 is 1.50 bits per heavy atom. The van der Waals surface area contributed by atoms with Crippen LogP contribution in [0.2, 0.25) is 0 Å². The van der Waals surface area contributed by atoms with Crippen molar-refractivity contribution in [2.24, 2.45) is 5.73 Å².